The zero-order chi connectivity index (χ0) is 13.4. The van der Waals surface area contributed by atoms with Crippen LogP contribution in [0.15, 0.2) is 18.3 Å². The molecule has 1 aromatic heterocycles. The van der Waals surface area contributed by atoms with Gasteiger partial charge in [-0.3, -0.25) is 0 Å². The number of nitrogens with one attached hydrogen (secondary N) is 1. The van der Waals surface area contributed by atoms with Crippen LogP contribution >= 0.6 is 11.3 Å². The predicted octanol–water partition coefficient (Wildman–Crippen LogP) is 3.96. The Hall–Kier alpha value is -0.670. The van der Waals surface area contributed by atoms with Gasteiger partial charge in [0.25, 0.3) is 0 Å². The Labute approximate surface area is 120 Å². The fourth-order valence-electron chi connectivity index (χ4n) is 3.67. The Bertz CT molecular complexity index is 465. The van der Waals surface area contributed by atoms with Crippen LogP contribution in [0.2, 0.25) is 0 Å². The molecule has 2 aliphatic rings. The van der Waals surface area contributed by atoms with E-state index in [2.05, 4.69) is 43.2 Å². The minimum atomic E-state index is 0.378. The minimum absolute atomic E-state index is 0.378. The first kappa shape index (κ1) is 13.3. The second kappa shape index (κ2) is 5.37. The molecular weight excluding hydrogens is 252 g/mol. The second-order valence-electron chi connectivity index (χ2n) is 6.14. The third-order valence-corrected chi connectivity index (χ3v) is 6.10. The molecule has 1 fully saturated rings. The van der Waals surface area contributed by atoms with Crippen LogP contribution < -0.4 is 5.32 Å². The fraction of sp³-hybridized carbons (Fsp3) is 0.688. The maximum Gasteiger partial charge on any atom is 0.109 e. The van der Waals surface area contributed by atoms with Gasteiger partial charge < -0.3 is 5.32 Å². The van der Waals surface area contributed by atoms with E-state index in [0.717, 1.165) is 24.2 Å². The summed E-state index contributed by atoms with van der Waals surface area (Å²) in [5, 5.41) is 5.01. The molecule has 3 heteroatoms. The van der Waals surface area contributed by atoms with E-state index in [1.165, 1.54) is 22.7 Å². The van der Waals surface area contributed by atoms with E-state index in [0.29, 0.717) is 12.1 Å². The molecular formula is C16H24N2S. The van der Waals surface area contributed by atoms with Crippen LogP contribution in [0.1, 0.15) is 49.5 Å². The molecule has 2 bridgehead atoms. The van der Waals surface area contributed by atoms with Crippen LogP contribution in [0.5, 0.6) is 0 Å². The van der Waals surface area contributed by atoms with Crippen molar-refractivity contribution in [1.82, 2.24) is 10.3 Å². The van der Waals surface area contributed by atoms with Gasteiger partial charge in [-0.2, -0.15) is 0 Å². The molecule has 0 spiro atoms. The van der Waals surface area contributed by atoms with Gasteiger partial charge in [-0.1, -0.05) is 19.1 Å². The standard InChI is InChI=1S/C16H24N2S/c1-4-14-9-17-16(19-14)11(3)18-10(2)15-8-12-5-6-13(15)7-12/h5-6,9-13,15,18H,4,7-8H2,1-3H3. The predicted molar refractivity (Wildman–Crippen MR) is 81.3 cm³/mol. The number of hydrogen-bond donors (Lipinski definition) is 1. The van der Waals surface area contributed by atoms with Gasteiger partial charge >= 0.3 is 0 Å². The number of aromatic nitrogens is 1. The van der Waals surface area contributed by atoms with Gasteiger partial charge in [-0.25, -0.2) is 4.98 Å². The molecule has 1 heterocycles. The van der Waals surface area contributed by atoms with Gasteiger partial charge in [0, 0.05) is 17.1 Å². The van der Waals surface area contributed by atoms with Crippen LogP contribution in [0.4, 0.5) is 0 Å². The first-order chi connectivity index (χ1) is 9.17. The molecule has 0 aromatic carbocycles. The Kier molecular flexibility index (Phi) is 3.77. The molecule has 19 heavy (non-hydrogen) atoms. The Morgan fingerprint density at radius 2 is 2.21 bits per heavy atom. The van der Waals surface area contributed by atoms with Crippen molar-refractivity contribution in [1.29, 1.82) is 0 Å². The average molecular weight is 276 g/mol. The van der Waals surface area contributed by atoms with Crippen molar-refractivity contribution in [2.75, 3.05) is 0 Å². The van der Waals surface area contributed by atoms with Crippen LogP contribution in [0, 0.1) is 17.8 Å². The smallest absolute Gasteiger partial charge is 0.109 e. The lowest BCUT2D eigenvalue weighted by Gasteiger charge is -2.28. The summed E-state index contributed by atoms with van der Waals surface area (Å²) in [6.45, 7) is 6.79. The molecule has 5 unspecified atom stereocenters. The molecule has 1 N–H and O–H groups in total. The highest BCUT2D eigenvalue weighted by Crippen LogP contribution is 2.45. The highest BCUT2D eigenvalue weighted by atomic mass is 32.1. The molecule has 1 aromatic rings. The number of rotatable bonds is 5. The van der Waals surface area contributed by atoms with E-state index in [1.54, 1.807) is 0 Å². The molecule has 2 aliphatic carbocycles. The van der Waals surface area contributed by atoms with E-state index < -0.39 is 0 Å². The summed E-state index contributed by atoms with van der Waals surface area (Å²) in [6, 6.07) is 0.965. The van der Waals surface area contributed by atoms with Gasteiger partial charge in [0.2, 0.25) is 0 Å². The largest absolute Gasteiger partial charge is 0.305 e. The average Bonchev–Trinajstić information content (AvgIpc) is 3.13. The summed E-state index contributed by atoms with van der Waals surface area (Å²) in [7, 11) is 0. The summed E-state index contributed by atoms with van der Waals surface area (Å²) in [4.78, 5) is 5.94. The Morgan fingerprint density at radius 1 is 1.37 bits per heavy atom. The van der Waals surface area contributed by atoms with Crippen molar-refractivity contribution in [3.05, 3.63) is 28.2 Å². The molecule has 5 atom stereocenters. The van der Waals surface area contributed by atoms with Crippen molar-refractivity contribution in [3.8, 4) is 0 Å². The van der Waals surface area contributed by atoms with Crippen LogP contribution in [-0.4, -0.2) is 11.0 Å². The topological polar surface area (TPSA) is 24.9 Å². The van der Waals surface area contributed by atoms with Crippen molar-refractivity contribution in [2.45, 2.75) is 52.1 Å². The third kappa shape index (κ3) is 2.63. The van der Waals surface area contributed by atoms with Crippen molar-refractivity contribution in [2.24, 2.45) is 17.8 Å². The van der Waals surface area contributed by atoms with E-state index in [1.807, 2.05) is 17.5 Å². The molecule has 3 rings (SSSR count). The van der Waals surface area contributed by atoms with Gasteiger partial charge in [-0.05, 0) is 50.9 Å². The van der Waals surface area contributed by atoms with Gasteiger partial charge in [-0.15, -0.1) is 11.3 Å². The van der Waals surface area contributed by atoms with E-state index in [4.69, 9.17) is 0 Å². The molecule has 0 aliphatic heterocycles. The number of aryl methyl sites for hydroxylation is 1. The zero-order valence-electron chi connectivity index (χ0n) is 12.1. The summed E-state index contributed by atoms with van der Waals surface area (Å²) in [6.07, 6.45) is 10.8. The van der Waals surface area contributed by atoms with Crippen LogP contribution in [-0.2, 0) is 6.42 Å². The summed E-state index contributed by atoms with van der Waals surface area (Å²) < 4.78 is 0. The lowest BCUT2D eigenvalue weighted by molar-refractivity contribution is 0.307. The normalized spacial score (nSPS) is 31.8. The number of fused-ring (bicyclic) bond motifs is 2. The maximum absolute atomic E-state index is 4.56. The van der Waals surface area contributed by atoms with Gasteiger partial charge in [0.1, 0.15) is 5.01 Å². The molecule has 0 radical (unpaired) electrons. The van der Waals surface area contributed by atoms with Crippen molar-refractivity contribution in [3.63, 3.8) is 0 Å². The van der Waals surface area contributed by atoms with Crippen LogP contribution in [0.25, 0.3) is 0 Å². The molecule has 104 valence electrons. The van der Waals surface area contributed by atoms with E-state index in [9.17, 15) is 0 Å². The first-order valence-electron chi connectivity index (χ1n) is 7.56. The zero-order valence-corrected chi connectivity index (χ0v) is 12.9. The SMILES string of the molecule is CCc1cnc(C(C)NC(C)C2CC3C=CC2C3)s1. The molecule has 1 saturated carbocycles. The monoisotopic (exact) mass is 276 g/mol. The quantitative estimate of drug-likeness (QED) is 0.824. The first-order valence-corrected chi connectivity index (χ1v) is 8.38. The minimum Gasteiger partial charge on any atom is -0.305 e. The van der Waals surface area contributed by atoms with Crippen LogP contribution in [0.3, 0.4) is 0 Å². The fourth-order valence-corrected chi connectivity index (χ4v) is 4.54. The lowest BCUT2D eigenvalue weighted by Crippen LogP contribution is -2.37. The van der Waals surface area contributed by atoms with Gasteiger partial charge in [0.05, 0.1) is 6.04 Å². The second-order valence-corrected chi connectivity index (χ2v) is 7.29. The maximum atomic E-state index is 4.56. The molecule has 0 amide bonds. The number of allylic oxidation sites excluding steroid dienone is 2. The van der Waals surface area contributed by atoms with Crippen molar-refractivity contribution >= 4 is 11.3 Å². The van der Waals surface area contributed by atoms with Crippen molar-refractivity contribution < 1.29 is 0 Å². The number of hydrogen-bond acceptors (Lipinski definition) is 3. The molecule has 2 nitrogen and oxygen atoms in total. The number of thiazole rings is 1. The summed E-state index contributed by atoms with van der Waals surface area (Å²) in [5.74, 6) is 2.51. The Morgan fingerprint density at radius 3 is 2.79 bits per heavy atom. The summed E-state index contributed by atoms with van der Waals surface area (Å²) >= 11 is 1.85. The third-order valence-electron chi connectivity index (χ3n) is 4.78. The van der Waals surface area contributed by atoms with E-state index in [-0.39, 0.29) is 0 Å². The highest BCUT2D eigenvalue weighted by molar-refractivity contribution is 7.11. The molecule has 0 saturated heterocycles. The number of nitrogens with zero attached hydrogens (tertiary/aromatic N) is 1. The lowest BCUT2D eigenvalue weighted by atomic mass is 9.87. The van der Waals surface area contributed by atoms with Gasteiger partial charge in [0.15, 0.2) is 0 Å². The highest BCUT2D eigenvalue weighted by Gasteiger charge is 2.38. The van der Waals surface area contributed by atoms with E-state index >= 15 is 0 Å². The summed E-state index contributed by atoms with van der Waals surface area (Å²) in [5.41, 5.74) is 0. The Balaban J connectivity index is 1.60.